The lowest BCUT2D eigenvalue weighted by molar-refractivity contribution is -0.514. The first-order valence-electron chi connectivity index (χ1n) is 7.75. The molecule has 0 bridgehead atoms. The number of imidazole rings is 1. The number of aromatic hydroxyl groups is 1. The van der Waals surface area contributed by atoms with Crippen molar-refractivity contribution in [3.05, 3.63) is 45.1 Å². The molecule has 0 aliphatic heterocycles. The number of aromatic carboxylic acids is 1. The van der Waals surface area contributed by atoms with E-state index < -0.39 is 5.97 Å². The van der Waals surface area contributed by atoms with Crippen LogP contribution < -0.4 is 14.8 Å². The topological polar surface area (TPSA) is 111 Å². The third-order valence-corrected chi connectivity index (χ3v) is 4.89. The molecule has 0 saturated carbocycles. The summed E-state index contributed by atoms with van der Waals surface area (Å²) in [5.41, 5.74) is 0.00921. The number of aromatic nitrogens is 3. The fourth-order valence-corrected chi connectivity index (χ4v) is 3.66. The maximum atomic E-state index is 12.5. The van der Waals surface area contributed by atoms with Crippen LogP contribution in [0.15, 0.2) is 24.5 Å². The summed E-state index contributed by atoms with van der Waals surface area (Å²) in [7, 11) is 0. The number of hydrogen-bond acceptors (Lipinski definition) is 7. The Morgan fingerprint density at radius 1 is 1.50 bits per heavy atom. The Balaban J connectivity index is 2.22. The van der Waals surface area contributed by atoms with E-state index in [0.29, 0.717) is 15.9 Å². The lowest BCUT2D eigenvalue weighted by atomic mass is 10.2. The molecular formula is C16H15ClN4O4S. The molecule has 0 aliphatic carbocycles. The molecule has 0 spiro atoms. The number of Topliss-reactive ketones (excluding diaryl/α,β-unsaturated/α-hetero) is 1. The Bertz CT molecular complexity index is 998. The maximum Gasteiger partial charge on any atom is 0.335 e. The van der Waals surface area contributed by atoms with Gasteiger partial charge in [0, 0.05) is 6.20 Å². The molecule has 0 saturated heterocycles. The molecule has 0 amide bonds. The normalized spacial score (nSPS) is 11.2. The molecule has 0 aliphatic rings. The van der Waals surface area contributed by atoms with E-state index in [1.165, 1.54) is 44.8 Å². The van der Waals surface area contributed by atoms with Crippen molar-refractivity contribution in [1.29, 1.82) is 0 Å². The molecule has 136 valence electrons. The van der Waals surface area contributed by atoms with Gasteiger partial charge in [-0.15, -0.1) is 11.3 Å². The van der Waals surface area contributed by atoms with Crippen LogP contribution >= 0.6 is 22.9 Å². The summed E-state index contributed by atoms with van der Waals surface area (Å²) in [5, 5.41) is 25.1. The van der Waals surface area contributed by atoms with Gasteiger partial charge in [-0.05, 0) is 18.7 Å². The fourth-order valence-electron chi connectivity index (χ4n) is 2.69. The van der Waals surface area contributed by atoms with Crippen molar-refractivity contribution in [2.24, 2.45) is 0 Å². The van der Waals surface area contributed by atoms with E-state index in [4.69, 9.17) is 11.6 Å². The number of likely N-dealkylation sites (N-methyl/N-ethyl adjacent to an activating group) is 1. The lowest BCUT2D eigenvalue weighted by Crippen LogP contribution is -2.35. The van der Waals surface area contributed by atoms with Crippen molar-refractivity contribution >= 4 is 40.3 Å². The van der Waals surface area contributed by atoms with Gasteiger partial charge in [0.15, 0.2) is 4.47 Å². The molecule has 8 nitrogen and oxygen atoms in total. The summed E-state index contributed by atoms with van der Waals surface area (Å²) >= 11 is 7.04. The van der Waals surface area contributed by atoms with Crippen molar-refractivity contribution in [1.82, 2.24) is 14.9 Å². The van der Waals surface area contributed by atoms with Gasteiger partial charge in [0.05, 0.1) is 29.2 Å². The van der Waals surface area contributed by atoms with E-state index >= 15 is 0 Å². The molecule has 3 rings (SSSR count). The molecule has 3 heterocycles. The third-order valence-electron chi connectivity index (χ3n) is 3.79. The van der Waals surface area contributed by atoms with Crippen molar-refractivity contribution in [3.8, 4) is 5.88 Å². The number of carboxylic acid groups (broad SMARTS) is 1. The SMILES string of the molecule is CCNCC(=O)c1c(O)n(Cc2cnc(Cl)s2)c2c(C(=O)[O-])ccc[n+]12. The summed E-state index contributed by atoms with van der Waals surface area (Å²) < 4.78 is 3.03. The van der Waals surface area contributed by atoms with Gasteiger partial charge in [-0.25, -0.2) is 4.98 Å². The van der Waals surface area contributed by atoms with Gasteiger partial charge < -0.3 is 20.3 Å². The summed E-state index contributed by atoms with van der Waals surface area (Å²) in [6.07, 6.45) is 3.06. The number of ketones is 1. The number of nitrogens with zero attached hydrogens (tertiary/aromatic N) is 3. The average Bonchev–Trinajstić information content (AvgIpc) is 3.14. The number of carboxylic acids is 1. The van der Waals surface area contributed by atoms with Crippen LogP contribution in [0.2, 0.25) is 4.47 Å². The van der Waals surface area contributed by atoms with Crippen LogP contribution in [0.1, 0.15) is 32.6 Å². The van der Waals surface area contributed by atoms with Crippen LogP contribution in [0.5, 0.6) is 5.88 Å². The van der Waals surface area contributed by atoms with E-state index in [1.54, 1.807) is 0 Å². The highest BCUT2D eigenvalue weighted by Gasteiger charge is 2.32. The van der Waals surface area contributed by atoms with Crippen molar-refractivity contribution in [2.75, 3.05) is 13.1 Å². The number of halogens is 1. The molecule has 0 aromatic carbocycles. The van der Waals surface area contributed by atoms with Crippen LogP contribution in [0, 0.1) is 0 Å². The summed E-state index contributed by atoms with van der Waals surface area (Å²) in [6, 6.07) is 2.84. The Morgan fingerprint density at radius 3 is 2.88 bits per heavy atom. The third kappa shape index (κ3) is 3.28. The van der Waals surface area contributed by atoms with Crippen molar-refractivity contribution in [3.63, 3.8) is 0 Å². The first kappa shape index (κ1) is 18.3. The second kappa shape index (κ2) is 7.40. The Kier molecular flexibility index (Phi) is 5.21. The Hall–Kier alpha value is -2.49. The highest BCUT2D eigenvalue weighted by atomic mass is 35.5. The first-order valence-corrected chi connectivity index (χ1v) is 8.94. The van der Waals surface area contributed by atoms with Gasteiger partial charge in [-0.2, -0.15) is 8.97 Å². The highest BCUT2D eigenvalue weighted by molar-refractivity contribution is 7.15. The Labute approximate surface area is 157 Å². The van der Waals surface area contributed by atoms with Crippen LogP contribution in [-0.4, -0.2) is 39.5 Å². The lowest BCUT2D eigenvalue weighted by Gasteiger charge is -2.03. The molecule has 3 aromatic heterocycles. The molecule has 0 radical (unpaired) electrons. The van der Waals surface area contributed by atoms with E-state index in [9.17, 15) is 19.8 Å². The molecule has 2 N–H and O–H groups in total. The molecule has 10 heteroatoms. The van der Waals surface area contributed by atoms with Gasteiger partial charge >= 0.3 is 5.88 Å². The van der Waals surface area contributed by atoms with E-state index in [2.05, 4.69) is 10.3 Å². The fraction of sp³-hybridized carbons (Fsp3) is 0.250. The average molecular weight is 395 g/mol. The number of pyridine rings is 1. The number of carbonyl (C=O) groups is 2. The van der Waals surface area contributed by atoms with Gasteiger partial charge in [0.2, 0.25) is 5.78 Å². The quantitative estimate of drug-likeness (QED) is 0.439. The molecule has 26 heavy (non-hydrogen) atoms. The predicted molar refractivity (Wildman–Crippen MR) is 92.7 cm³/mol. The Morgan fingerprint density at radius 2 is 2.27 bits per heavy atom. The monoisotopic (exact) mass is 394 g/mol. The molecular weight excluding hydrogens is 380 g/mol. The molecule has 3 aromatic rings. The predicted octanol–water partition coefficient (Wildman–Crippen LogP) is 0.246. The smallest absolute Gasteiger partial charge is 0.335 e. The molecule has 0 fully saturated rings. The number of rotatable bonds is 7. The van der Waals surface area contributed by atoms with E-state index in [0.717, 1.165) is 0 Å². The van der Waals surface area contributed by atoms with Gasteiger partial charge in [0.25, 0.3) is 11.3 Å². The van der Waals surface area contributed by atoms with E-state index in [1.807, 2.05) is 6.92 Å². The zero-order chi connectivity index (χ0) is 18.8. The second-order valence-corrected chi connectivity index (χ2v) is 7.14. The molecule has 0 unspecified atom stereocenters. The van der Waals surface area contributed by atoms with Crippen LogP contribution in [0.3, 0.4) is 0 Å². The van der Waals surface area contributed by atoms with Crippen molar-refractivity contribution < 1.29 is 24.2 Å². The minimum atomic E-state index is -1.41. The number of thiazole rings is 1. The largest absolute Gasteiger partial charge is 0.544 e. The summed E-state index contributed by atoms with van der Waals surface area (Å²) in [4.78, 5) is 28.7. The van der Waals surface area contributed by atoms with Crippen LogP contribution in [-0.2, 0) is 6.54 Å². The van der Waals surface area contributed by atoms with Crippen LogP contribution in [0.4, 0.5) is 0 Å². The van der Waals surface area contributed by atoms with Crippen molar-refractivity contribution in [2.45, 2.75) is 13.5 Å². The summed E-state index contributed by atoms with van der Waals surface area (Å²) in [6.45, 7) is 2.56. The maximum absolute atomic E-state index is 12.5. The van der Waals surface area contributed by atoms with Gasteiger partial charge in [0.1, 0.15) is 6.54 Å². The standard InChI is InChI=1S/C16H15ClN4O4S/c1-2-18-7-11(22)12-14(23)21(8-9-6-19-16(17)26-9)13-10(15(24)25)4-3-5-20(12)13/h3-6,18H,2,7-8H2,1H3,(H-,22,23,24,25). The zero-order valence-corrected chi connectivity index (χ0v) is 15.3. The zero-order valence-electron chi connectivity index (χ0n) is 13.7. The number of hydrogen-bond donors (Lipinski definition) is 2. The second-order valence-electron chi connectivity index (χ2n) is 5.44. The number of fused-ring (bicyclic) bond motifs is 1. The van der Waals surface area contributed by atoms with Crippen LogP contribution in [0.25, 0.3) is 5.65 Å². The number of nitrogens with one attached hydrogen (secondary N) is 1. The van der Waals surface area contributed by atoms with E-state index in [-0.39, 0.29) is 41.7 Å². The minimum absolute atomic E-state index is 0.000313. The van der Waals surface area contributed by atoms with Gasteiger partial charge in [-0.3, -0.25) is 4.79 Å². The van der Waals surface area contributed by atoms with Gasteiger partial charge in [-0.1, -0.05) is 18.5 Å². The minimum Gasteiger partial charge on any atom is -0.544 e. The highest BCUT2D eigenvalue weighted by Crippen LogP contribution is 2.26. The molecule has 0 atom stereocenters. The number of carbonyl (C=O) groups excluding carboxylic acids is 2. The first-order chi connectivity index (χ1) is 12.4. The summed E-state index contributed by atoms with van der Waals surface area (Å²) in [5.74, 6) is -2.10.